The number of carbonyl (C=O) groups is 2. The fourth-order valence-corrected chi connectivity index (χ4v) is 2.31. The van der Waals surface area contributed by atoms with Crippen molar-refractivity contribution in [3.8, 4) is 0 Å². The zero-order chi connectivity index (χ0) is 13.1. The number of fused-ring (bicyclic) bond motifs is 1. The summed E-state index contributed by atoms with van der Waals surface area (Å²) in [6.07, 6.45) is 0.641. The summed E-state index contributed by atoms with van der Waals surface area (Å²) in [6, 6.07) is 5.66. The van der Waals surface area contributed by atoms with E-state index in [1.807, 2.05) is 23.1 Å². The highest BCUT2D eigenvalue weighted by Gasteiger charge is 2.21. The molecule has 0 unspecified atom stereocenters. The molecule has 0 radical (unpaired) electrons. The minimum Gasteiger partial charge on any atom is -0.481 e. The number of hydrogen-bond acceptors (Lipinski definition) is 3. The number of benzene rings is 1. The van der Waals surface area contributed by atoms with Gasteiger partial charge in [-0.25, -0.2) is 0 Å². The van der Waals surface area contributed by atoms with Gasteiger partial charge in [-0.3, -0.25) is 9.59 Å². The van der Waals surface area contributed by atoms with Crippen molar-refractivity contribution in [1.29, 1.82) is 0 Å². The molecule has 2 rings (SSSR count). The van der Waals surface area contributed by atoms with Gasteiger partial charge < -0.3 is 15.3 Å². The molecule has 0 fully saturated rings. The highest BCUT2D eigenvalue weighted by Crippen LogP contribution is 2.32. The maximum atomic E-state index is 11.6. The summed E-state index contributed by atoms with van der Waals surface area (Å²) in [6.45, 7) is 0.836. The maximum Gasteiger partial charge on any atom is 0.303 e. The van der Waals surface area contributed by atoms with Gasteiger partial charge in [-0.2, -0.15) is 0 Å². The highest BCUT2D eigenvalue weighted by molar-refractivity contribution is 9.10. The molecule has 1 aromatic carbocycles. The predicted molar refractivity (Wildman–Crippen MR) is 71.9 cm³/mol. The van der Waals surface area contributed by atoms with Gasteiger partial charge in [0.15, 0.2) is 0 Å². The molecule has 6 heteroatoms. The molecule has 0 bridgehead atoms. The molecule has 0 saturated heterocycles. The summed E-state index contributed by atoms with van der Waals surface area (Å²) >= 11 is 3.35. The monoisotopic (exact) mass is 312 g/mol. The quantitative estimate of drug-likeness (QED) is 0.893. The van der Waals surface area contributed by atoms with Gasteiger partial charge in [0.2, 0.25) is 5.91 Å². The van der Waals surface area contributed by atoms with E-state index < -0.39 is 5.97 Å². The Balaban J connectivity index is 2.12. The van der Waals surface area contributed by atoms with E-state index in [1.54, 1.807) is 0 Å². The molecule has 96 valence electrons. The Labute approximate surface area is 113 Å². The number of hydrogen-bond donors (Lipinski definition) is 2. The number of nitrogens with one attached hydrogen (secondary N) is 1. The third kappa shape index (κ3) is 3.01. The lowest BCUT2D eigenvalue weighted by Crippen LogP contribution is -2.38. The molecule has 5 nitrogen and oxygen atoms in total. The van der Waals surface area contributed by atoms with Crippen LogP contribution in [0, 0.1) is 0 Å². The molecule has 1 aliphatic heterocycles. The molecule has 0 spiro atoms. The van der Waals surface area contributed by atoms with E-state index in [0.717, 1.165) is 15.8 Å². The molecule has 0 saturated carbocycles. The Hall–Kier alpha value is -1.56. The first kappa shape index (κ1) is 12.9. The maximum absolute atomic E-state index is 11.6. The topological polar surface area (TPSA) is 69.6 Å². The Kier molecular flexibility index (Phi) is 3.86. The number of anilines is 2. The van der Waals surface area contributed by atoms with Crippen molar-refractivity contribution in [3.05, 3.63) is 22.7 Å². The van der Waals surface area contributed by atoms with Crippen LogP contribution in [-0.2, 0) is 9.59 Å². The van der Waals surface area contributed by atoms with Crippen LogP contribution in [0.15, 0.2) is 22.7 Å². The minimum atomic E-state index is -0.813. The van der Waals surface area contributed by atoms with E-state index in [0.29, 0.717) is 13.0 Å². The Morgan fingerprint density at radius 2 is 2.28 bits per heavy atom. The highest BCUT2D eigenvalue weighted by atomic mass is 79.9. The van der Waals surface area contributed by atoms with Gasteiger partial charge in [0.05, 0.1) is 17.9 Å². The third-order valence-corrected chi connectivity index (χ3v) is 3.22. The van der Waals surface area contributed by atoms with E-state index >= 15 is 0 Å². The zero-order valence-corrected chi connectivity index (χ0v) is 11.2. The fourth-order valence-electron chi connectivity index (χ4n) is 1.95. The summed E-state index contributed by atoms with van der Waals surface area (Å²) in [5, 5.41) is 11.4. The van der Waals surface area contributed by atoms with Crippen LogP contribution < -0.4 is 10.2 Å². The van der Waals surface area contributed by atoms with E-state index in [4.69, 9.17) is 5.11 Å². The average molecular weight is 313 g/mol. The number of amides is 1. The van der Waals surface area contributed by atoms with Crippen LogP contribution in [-0.4, -0.2) is 30.1 Å². The first-order valence-electron chi connectivity index (χ1n) is 5.62. The number of carboxylic acid groups (broad SMARTS) is 1. The van der Waals surface area contributed by atoms with Crippen molar-refractivity contribution in [1.82, 2.24) is 0 Å². The van der Waals surface area contributed by atoms with Gasteiger partial charge in [0, 0.05) is 17.4 Å². The fraction of sp³-hybridized carbons (Fsp3) is 0.333. The smallest absolute Gasteiger partial charge is 0.303 e. The summed E-state index contributed by atoms with van der Waals surface area (Å²) in [7, 11) is 0. The molecular formula is C12H13BrN2O3. The van der Waals surface area contributed by atoms with Crippen molar-refractivity contribution in [2.45, 2.75) is 12.8 Å². The van der Waals surface area contributed by atoms with Gasteiger partial charge in [-0.15, -0.1) is 0 Å². The molecule has 2 N–H and O–H groups in total. The molecule has 1 aliphatic rings. The Morgan fingerprint density at radius 3 is 3.00 bits per heavy atom. The van der Waals surface area contributed by atoms with E-state index in [1.165, 1.54) is 0 Å². The Bertz CT molecular complexity index is 490. The number of aliphatic carboxylic acids is 1. The standard InChI is InChI=1S/C12H13BrN2O3/c13-8-3-4-10-9(6-8)14-11(16)7-15(10)5-1-2-12(17)18/h3-4,6H,1-2,5,7H2,(H,14,16)(H,17,18). The number of nitrogens with zero attached hydrogens (tertiary/aromatic N) is 1. The largest absolute Gasteiger partial charge is 0.481 e. The summed E-state index contributed by atoms with van der Waals surface area (Å²) in [4.78, 5) is 24.0. The SMILES string of the molecule is O=C(O)CCCN1CC(=O)Nc2cc(Br)ccc21. The van der Waals surface area contributed by atoms with Crippen molar-refractivity contribution >= 4 is 39.2 Å². The molecule has 18 heavy (non-hydrogen) atoms. The van der Waals surface area contributed by atoms with Crippen LogP contribution >= 0.6 is 15.9 Å². The van der Waals surface area contributed by atoms with Gasteiger partial charge >= 0.3 is 5.97 Å². The zero-order valence-electron chi connectivity index (χ0n) is 9.65. The van der Waals surface area contributed by atoms with Gasteiger partial charge in [-0.1, -0.05) is 15.9 Å². The van der Waals surface area contributed by atoms with Crippen molar-refractivity contribution in [2.24, 2.45) is 0 Å². The molecule has 0 aliphatic carbocycles. The summed E-state index contributed by atoms with van der Waals surface area (Å²) in [5.41, 5.74) is 1.69. The lowest BCUT2D eigenvalue weighted by atomic mass is 10.1. The first-order chi connectivity index (χ1) is 8.56. The number of rotatable bonds is 4. The molecule has 1 aromatic rings. The summed E-state index contributed by atoms with van der Waals surface area (Å²) in [5.74, 6) is -0.886. The average Bonchev–Trinajstić information content (AvgIpc) is 2.27. The van der Waals surface area contributed by atoms with Gasteiger partial charge in [0.25, 0.3) is 0 Å². The van der Waals surface area contributed by atoms with E-state index in [2.05, 4.69) is 21.2 Å². The van der Waals surface area contributed by atoms with Crippen LogP contribution in [0.4, 0.5) is 11.4 Å². The van der Waals surface area contributed by atoms with E-state index in [-0.39, 0.29) is 18.9 Å². The van der Waals surface area contributed by atoms with Crippen LogP contribution in [0.5, 0.6) is 0 Å². The number of carbonyl (C=O) groups excluding carboxylic acids is 1. The molecule has 1 heterocycles. The van der Waals surface area contributed by atoms with Crippen molar-refractivity contribution in [3.63, 3.8) is 0 Å². The second-order valence-electron chi connectivity index (χ2n) is 4.13. The molecular weight excluding hydrogens is 300 g/mol. The molecule has 1 amide bonds. The Morgan fingerprint density at radius 1 is 1.50 bits per heavy atom. The number of carboxylic acids is 1. The van der Waals surface area contributed by atoms with Crippen LogP contribution in [0.3, 0.4) is 0 Å². The lowest BCUT2D eigenvalue weighted by Gasteiger charge is -2.30. The third-order valence-electron chi connectivity index (χ3n) is 2.73. The second kappa shape index (κ2) is 5.39. The molecule has 0 aromatic heterocycles. The van der Waals surface area contributed by atoms with Gasteiger partial charge in [0.1, 0.15) is 0 Å². The summed E-state index contributed by atoms with van der Waals surface area (Å²) < 4.78 is 0.897. The van der Waals surface area contributed by atoms with Crippen molar-refractivity contribution < 1.29 is 14.7 Å². The van der Waals surface area contributed by atoms with E-state index in [9.17, 15) is 9.59 Å². The second-order valence-corrected chi connectivity index (χ2v) is 5.04. The molecule has 0 atom stereocenters. The van der Waals surface area contributed by atoms with Crippen LogP contribution in [0.1, 0.15) is 12.8 Å². The lowest BCUT2D eigenvalue weighted by molar-refractivity contribution is -0.137. The number of halogens is 1. The minimum absolute atomic E-state index is 0.0732. The van der Waals surface area contributed by atoms with Crippen molar-refractivity contribution in [2.75, 3.05) is 23.3 Å². The van der Waals surface area contributed by atoms with Crippen LogP contribution in [0.2, 0.25) is 0 Å². The normalized spacial score (nSPS) is 14.1. The van der Waals surface area contributed by atoms with Crippen LogP contribution in [0.25, 0.3) is 0 Å². The van der Waals surface area contributed by atoms with Gasteiger partial charge in [-0.05, 0) is 24.6 Å². The predicted octanol–water partition coefficient (Wildman–Crippen LogP) is 2.07. The first-order valence-corrected chi connectivity index (χ1v) is 6.42.